The van der Waals surface area contributed by atoms with Crippen molar-refractivity contribution >= 4 is 40.9 Å². The highest BCUT2D eigenvalue weighted by atomic mass is 35.5. The van der Waals surface area contributed by atoms with Gasteiger partial charge in [-0.1, -0.05) is 53.5 Å². The molecular weight excluding hydrogens is 389 g/mol. The quantitative estimate of drug-likeness (QED) is 0.739. The minimum Gasteiger partial charge on any atom is -0.345 e. The molecule has 142 valence electrons. The van der Waals surface area contributed by atoms with E-state index in [1.165, 1.54) is 23.1 Å². The number of hydrogen-bond donors (Lipinski definition) is 2. The fourth-order valence-corrected chi connectivity index (χ4v) is 2.74. The normalized spacial score (nSPS) is 10.2. The molecule has 0 spiro atoms. The van der Waals surface area contributed by atoms with Gasteiger partial charge in [0.25, 0.3) is 5.91 Å². The second kappa shape index (κ2) is 9.94. The van der Waals surface area contributed by atoms with Crippen molar-refractivity contribution in [3.63, 3.8) is 0 Å². The van der Waals surface area contributed by atoms with Gasteiger partial charge in [0, 0.05) is 18.6 Å². The minimum absolute atomic E-state index is 0.153. The largest absolute Gasteiger partial charge is 0.345 e. The van der Waals surface area contributed by atoms with Gasteiger partial charge < -0.3 is 15.5 Å². The molecule has 2 rings (SSSR count). The monoisotopic (exact) mass is 407 g/mol. The fraction of sp³-hybridized carbons (Fsp3) is 0.211. The molecule has 0 unspecified atom stereocenters. The van der Waals surface area contributed by atoms with Gasteiger partial charge in [-0.15, -0.1) is 0 Å². The van der Waals surface area contributed by atoms with Gasteiger partial charge in [0.1, 0.15) is 0 Å². The Morgan fingerprint density at radius 2 is 1.67 bits per heavy atom. The van der Waals surface area contributed by atoms with E-state index >= 15 is 0 Å². The Bertz CT molecular complexity index is 828. The first-order chi connectivity index (χ1) is 12.9. The lowest BCUT2D eigenvalue weighted by Crippen LogP contribution is -2.42. The summed E-state index contributed by atoms with van der Waals surface area (Å²) in [7, 11) is 1.66. The van der Waals surface area contributed by atoms with Crippen LogP contribution in [0.2, 0.25) is 10.0 Å². The Morgan fingerprint density at radius 1 is 0.963 bits per heavy atom. The summed E-state index contributed by atoms with van der Waals surface area (Å²) in [6.45, 7) is 0.0224. The highest BCUT2D eigenvalue weighted by Crippen LogP contribution is 2.20. The third-order valence-corrected chi connectivity index (χ3v) is 4.26. The summed E-state index contributed by atoms with van der Waals surface area (Å²) in [5.41, 5.74) is 1.21. The van der Waals surface area contributed by atoms with Crippen LogP contribution in [-0.2, 0) is 16.1 Å². The third-order valence-electron chi connectivity index (χ3n) is 3.71. The summed E-state index contributed by atoms with van der Waals surface area (Å²) in [6.07, 6.45) is 0. The molecule has 0 saturated carbocycles. The fourth-order valence-electron chi connectivity index (χ4n) is 2.25. The van der Waals surface area contributed by atoms with Crippen LogP contribution >= 0.6 is 23.2 Å². The van der Waals surface area contributed by atoms with Gasteiger partial charge in [0.15, 0.2) is 0 Å². The van der Waals surface area contributed by atoms with Gasteiger partial charge in [0.05, 0.1) is 23.7 Å². The standard InChI is InChI=1S/C19H19Cl2N3O3/c1-24(12-13-5-3-2-4-6-13)18(26)11-22-17(25)10-23-19(27)15-8-7-14(20)9-16(15)21/h2-9H,10-12H2,1H3,(H,22,25)(H,23,27). The van der Waals surface area contributed by atoms with Crippen molar-refractivity contribution in [1.82, 2.24) is 15.5 Å². The van der Waals surface area contributed by atoms with Crippen molar-refractivity contribution in [2.75, 3.05) is 20.1 Å². The van der Waals surface area contributed by atoms with Crippen molar-refractivity contribution in [1.29, 1.82) is 0 Å². The molecule has 0 aliphatic carbocycles. The number of hydrogen-bond acceptors (Lipinski definition) is 3. The number of nitrogens with zero attached hydrogens (tertiary/aromatic N) is 1. The number of benzene rings is 2. The zero-order valence-electron chi connectivity index (χ0n) is 14.7. The molecule has 3 amide bonds. The minimum atomic E-state index is -0.501. The van der Waals surface area contributed by atoms with E-state index < -0.39 is 11.8 Å². The van der Waals surface area contributed by atoms with Crippen molar-refractivity contribution in [2.45, 2.75) is 6.54 Å². The molecule has 2 N–H and O–H groups in total. The van der Waals surface area contributed by atoms with E-state index in [-0.39, 0.29) is 29.6 Å². The lowest BCUT2D eigenvalue weighted by molar-refractivity contribution is -0.132. The van der Waals surface area contributed by atoms with Gasteiger partial charge in [-0.2, -0.15) is 0 Å². The van der Waals surface area contributed by atoms with Crippen LogP contribution in [0, 0.1) is 0 Å². The topological polar surface area (TPSA) is 78.5 Å². The van der Waals surface area contributed by atoms with Crippen LogP contribution in [0.25, 0.3) is 0 Å². The molecule has 2 aromatic rings. The smallest absolute Gasteiger partial charge is 0.253 e. The molecule has 2 aromatic carbocycles. The Labute approximate surface area is 167 Å². The molecule has 0 fully saturated rings. The maximum atomic E-state index is 12.1. The molecule has 27 heavy (non-hydrogen) atoms. The van der Waals surface area contributed by atoms with E-state index in [0.717, 1.165) is 5.56 Å². The molecule has 0 aromatic heterocycles. The number of carbonyl (C=O) groups is 3. The van der Waals surface area contributed by atoms with Crippen LogP contribution in [0.15, 0.2) is 48.5 Å². The number of amides is 3. The predicted molar refractivity (Wildman–Crippen MR) is 105 cm³/mol. The number of likely N-dealkylation sites (N-methyl/N-ethyl adjacent to an activating group) is 1. The van der Waals surface area contributed by atoms with Crippen LogP contribution in [0.1, 0.15) is 15.9 Å². The SMILES string of the molecule is CN(Cc1ccccc1)C(=O)CNC(=O)CNC(=O)c1ccc(Cl)cc1Cl. The van der Waals surface area contributed by atoms with Crippen molar-refractivity contribution < 1.29 is 14.4 Å². The third kappa shape index (κ3) is 6.58. The molecule has 0 saturated heterocycles. The summed E-state index contributed by atoms with van der Waals surface area (Å²) >= 11 is 11.7. The maximum Gasteiger partial charge on any atom is 0.253 e. The average molecular weight is 408 g/mol. The first-order valence-corrected chi connectivity index (χ1v) is 8.90. The maximum absolute atomic E-state index is 12.1. The van der Waals surface area contributed by atoms with Gasteiger partial charge in [-0.3, -0.25) is 14.4 Å². The molecule has 8 heteroatoms. The highest BCUT2D eigenvalue weighted by molar-refractivity contribution is 6.36. The Balaban J connectivity index is 1.75. The van der Waals surface area contributed by atoms with Crippen LogP contribution in [0.5, 0.6) is 0 Å². The van der Waals surface area contributed by atoms with E-state index in [0.29, 0.717) is 11.6 Å². The Hall–Kier alpha value is -2.57. The van der Waals surface area contributed by atoms with Crippen LogP contribution < -0.4 is 10.6 Å². The summed E-state index contributed by atoms with van der Waals surface area (Å²) in [4.78, 5) is 37.5. The van der Waals surface area contributed by atoms with E-state index in [1.54, 1.807) is 7.05 Å². The summed E-state index contributed by atoms with van der Waals surface area (Å²) in [5.74, 6) is -1.21. The number of halogens is 2. The van der Waals surface area contributed by atoms with E-state index in [2.05, 4.69) is 10.6 Å². The molecule has 0 aliphatic heterocycles. The Kier molecular flexibility index (Phi) is 7.64. The summed E-state index contributed by atoms with van der Waals surface area (Å²) < 4.78 is 0. The number of rotatable bonds is 7. The molecule has 0 aliphatic rings. The summed E-state index contributed by atoms with van der Waals surface area (Å²) in [5, 5.41) is 5.53. The number of nitrogens with one attached hydrogen (secondary N) is 2. The first-order valence-electron chi connectivity index (χ1n) is 8.14. The van der Waals surface area contributed by atoms with Crippen LogP contribution in [-0.4, -0.2) is 42.8 Å². The second-order valence-electron chi connectivity index (χ2n) is 5.82. The zero-order chi connectivity index (χ0) is 19.8. The van der Waals surface area contributed by atoms with Gasteiger partial charge >= 0.3 is 0 Å². The second-order valence-corrected chi connectivity index (χ2v) is 6.66. The zero-order valence-corrected chi connectivity index (χ0v) is 16.2. The number of carbonyl (C=O) groups excluding carboxylic acids is 3. The van der Waals surface area contributed by atoms with Crippen molar-refractivity contribution in [2.24, 2.45) is 0 Å². The molecule has 0 bridgehead atoms. The first kappa shape index (κ1) is 20.7. The molecular formula is C19H19Cl2N3O3. The van der Waals surface area contributed by atoms with Gasteiger partial charge in [-0.25, -0.2) is 0 Å². The van der Waals surface area contributed by atoms with Crippen LogP contribution in [0.4, 0.5) is 0 Å². The van der Waals surface area contributed by atoms with Gasteiger partial charge in [-0.05, 0) is 23.8 Å². The Morgan fingerprint density at radius 3 is 2.33 bits per heavy atom. The predicted octanol–water partition coefficient (Wildman–Crippen LogP) is 2.50. The molecule has 0 atom stereocenters. The molecule has 6 nitrogen and oxygen atoms in total. The lowest BCUT2D eigenvalue weighted by Gasteiger charge is -2.17. The molecule has 0 heterocycles. The molecule has 0 radical (unpaired) electrons. The average Bonchev–Trinajstić information content (AvgIpc) is 2.64. The van der Waals surface area contributed by atoms with Crippen molar-refractivity contribution in [3.05, 3.63) is 69.7 Å². The van der Waals surface area contributed by atoms with E-state index in [9.17, 15) is 14.4 Å². The van der Waals surface area contributed by atoms with Crippen LogP contribution in [0.3, 0.4) is 0 Å². The van der Waals surface area contributed by atoms with E-state index in [1.807, 2.05) is 30.3 Å². The van der Waals surface area contributed by atoms with Crippen molar-refractivity contribution in [3.8, 4) is 0 Å². The van der Waals surface area contributed by atoms with E-state index in [4.69, 9.17) is 23.2 Å². The lowest BCUT2D eigenvalue weighted by atomic mass is 10.2. The summed E-state index contributed by atoms with van der Waals surface area (Å²) in [6, 6.07) is 14.0. The highest BCUT2D eigenvalue weighted by Gasteiger charge is 2.14. The van der Waals surface area contributed by atoms with Gasteiger partial charge in [0.2, 0.25) is 11.8 Å².